The number of hydrogen-bond acceptors (Lipinski definition) is 3. The smallest absolute Gasteiger partial charge is 0.321 e. The molecule has 2 aliphatic rings. The maximum Gasteiger partial charge on any atom is 0.321 e. The fraction of sp³-hybridized carbons (Fsp3) is 0.391. The number of thioether (sulfide) groups is 1. The number of aryl methyl sites for hydroxylation is 2. The molecule has 0 bridgehead atoms. The third kappa shape index (κ3) is 4.03. The van der Waals surface area contributed by atoms with Crippen LogP contribution in [-0.2, 0) is 0 Å². The van der Waals surface area contributed by atoms with Gasteiger partial charge in [-0.15, -0.1) is 11.8 Å². The van der Waals surface area contributed by atoms with E-state index in [1.54, 1.807) is 12.1 Å². The molecule has 3 amide bonds. The van der Waals surface area contributed by atoms with Gasteiger partial charge in [0.2, 0.25) is 0 Å². The summed E-state index contributed by atoms with van der Waals surface area (Å²) in [5.41, 5.74) is 3.62. The Morgan fingerprint density at radius 3 is 2.50 bits per heavy atom. The van der Waals surface area contributed by atoms with Crippen LogP contribution in [0.1, 0.15) is 34.3 Å². The van der Waals surface area contributed by atoms with Crippen molar-refractivity contribution in [2.24, 2.45) is 0 Å². The summed E-state index contributed by atoms with van der Waals surface area (Å²) in [7, 11) is 0. The average Bonchev–Trinajstić information content (AvgIpc) is 3.13. The fourth-order valence-corrected chi connectivity index (χ4v) is 5.97. The second kappa shape index (κ2) is 8.52. The lowest BCUT2D eigenvalue weighted by Gasteiger charge is -2.44. The van der Waals surface area contributed by atoms with E-state index in [4.69, 9.17) is 11.6 Å². The highest BCUT2D eigenvalue weighted by Gasteiger charge is 2.47. The van der Waals surface area contributed by atoms with Gasteiger partial charge in [0.25, 0.3) is 5.91 Å². The number of anilines is 1. The zero-order chi connectivity index (χ0) is 21.3. The van der Waals surface area contributed by atoms with E-state index in [0.717, 1.165) is 29.8 Å². The van der Waals surface area contributed by atoms with Gasteiger partial charge in [-0.25, -0.2) is 4.79 Å². The molecule has 5 nitrogen and oxygen atoms in total. The first-order valence-corrected chi connectivity index (χ1v) is 11.6. The van der Waals surface area contributed by atoms with Gasteiger partial charge in [0.05, 0.1) is 15.5 Å². The molecule has 1 spiro atoms. The number of rotatable bonds is 2. The summed E-state index contributed by atoms with van der Waals surface area (Å²) in [5.74, 6) is 0.893. The van der Waals surface area contributed by atoms with Gasteiger partial charge >= 0.3 is 6.03 Å². The number of benzene rings is 2. The van der Waals surface area contributed by atoms with E-state index in [2.05, 4.69) is 11.4 Å². The molecule has 158 valence electrons. The van der Waals surface area contributed by atoms with E-state index in [-0.39, 0.29) is 16.8 Å². The number of urea groups is 1. The molecule has 0 aromatic heterocycles. The van der Waals surface area contributed by atoms with Crippen LogP contribution in [-0.4, -0.2) is 52.0 Å². The lowest BCUT2D eigenvalue weighted by molar-refractivity contribution is 0.0586. The molecular formula is C23H26ClN3O2S. The molecule has 7 heteroatoms. The second-order valence-electron chi connectivity index (χ2n) is 7.97. The molecule has 2 heterocycles. The largest absolute Gasteiger partial charge is 0.324 e. The highest BCUT2D eigenvalue weighted by atomic mass is 35.5. The minimum atomic E-state index is -0.257. The van der Waals surface area contributed by atoms with E-state index < -0.39 is 0 Å². The predicted molar refractivity (Wildman–Crippen MR) is 123 cm³/mol. The van der Waals surface area contributed by atoms with Crippen molar-refractivity contribution in [3.8, 4) is 0 Å². The van der Waals surface area contributed by atoms with Gasteiger partial charge in [0.15, 0.2) is 0 Å². The van der Waals surface area contributed by atoms with Crippen molar-refractivity contribution in [3.05, 3.63) is 64.2 Å². The highest BCUT2D eigenvalue weighted by molar-refractivity contribution is 8.00. The molecule has 2 saturated heterocycles. The molecule has 0 unspecified atom stereocenters. The Labute approximate surface area is 186 Å². The van der Waals surface area contributed by atoms with Crippen molar-refractivity contribution in [1.82, 2.24) is 9.80 Å². The number of halogens is 1. The van der Waals surface area contributed by atoms with E-state index in [0.29, 0.717) is 30.2 Å². The Kier molecular flexibility index (Phi) is 5.98. The number of likely N-dealkylation sites (tertiary alicyclic amines) is 1. The molecule has 4 rings (SSSR count). The third-order valence-electron chi connectivity index (χ3n) is 5.98. The summed E-state index contributed by atoms with van der Waals surface area (Å²) in [6.07, 6.45) is 1.52. The summed E-state index contributed by atoms with van der Waals surface area (Å²) >= 11 is 8.10. The second-order valence-corrected chi connectivity index (χ2v) is 9.83. The Morgan fingerprint density at radius 1 is 1.07 bits per heavy atom. The Bertz CT molecular complexity index is 973. The van der Waals surface area contributed by atoms with E-state index in [1.807, 2.05) is 59.7 Å². The van der Waals surface area contributed by atoms with Crippen LogP contribution >= 0.6 is 23.4 Å². The first-order valence-electron chi connectivity index (χ1n) is 10.2. The summed E-state index contributed by atoms with van der Waals surface area (Å²) in [6.45, 7) is 5.99. The van der Waals surface area contributed by atoms with E-state index in [1.165, 1.54) is 5.56 Å². The molecule has 2 fully saturated rings. The Hall–Kier alpha value is -2.18. The highest BCUT2D eigenvalue weighted by Crippen LogP contribution is 2.45. The van der Waals surface area contributed by atoms with Gasteiger partial charge in [-0.1, -0.05) is 41.4 Å². The van der Waals surface area contributed by atoms with E-state index >= 15 is 0 Å². The number of nitrogens with zero attached hydrogens (tertiary/aromatic N) is 2. The Balaban J connectivity index is 1.43. The van der Waals surface area contributed by atoms with Crippen molar-refractivity contribution >= 4 is 41.0 Å². The van der Waals surface area contributed by atoms with Gasteiger partial charge in [-0.2, -0.15) is 0 Å². The molecule has 0 radical (unpaired) electrons. The lowest BCUT2D eigenvalue weighted by atomic mass is 10.0. The monoisotopic (exact) mass is 443 g/mol. The van der Waals surface area contributed by atoms with Crippen molar-refractivity contribution in [2.75, 3.05) is 30.7 Å². The summed E-state index contributed by atoms with van der Waals surface area (Å²) in [6, 6.07) is 13.2. The minimum Gasteiger partial charge on any atom is -0.324 e. The molecule has 2 aromatic rings. The number of amides is 3. The lowest BCUT2D eigenvalue weighted by Crippen LogP contribution is -2.54. The summed E-state index contributed by atoms with van der Waals surface area (Å²) in [5, 5.41) is 3.52. The zero-order valence-electron chi connectivity index (χ0n) is 17.3. The minimum absolute atomic E-state index is 0.0150. The maximum atomic E-state index is 13.2. The van der Waals surface area contributed by atoms with E-state index in [9.17, 15) is 9.59 Å². The molecule has 0 saturated carbocycles. The normalized spacial score (nSPS) is 18.0. The van der Waals surface area contributed by atoms with Gasteiger partial charge in [0, 0.05) is 31.1 Å². The Morgan fingerprint density at radius 2 is 1.80 bits per heavy atom. The van der Waals surface area contributed by atoms with Gasteiger partial charge in [0.1, 0.15) is 0 Å². The van der Waals surface area contributed by atoms with Gasteiger partial charge < -0.3 is 15.1 Å². The number of piperidine rings is 1. The van der Waals surface area contributed by atoms with Crippen LogP contribution < -0.4 is 5.32 Å². The molecule has 2 aromatic carbocycles. The average molecular weight is 444 g/mol. The topological polar surface area (TPSA) is 52.7 Å². The predicted octanol–water partition coefficient (Wildman–Crippen LogP) is 5.17. The molecule has 0 aliphatic carbocycles. The van der Waals surface area contributed by atoms with Crippen molar-refractivity contribution in [1.29, 1.82) is 0 Å². The van der Waals surface area contributed by atoms with Crippen LogP contribution in [0.4, 0.5) is 10.5 Å². The first kappa shape index (κ1) is 21.1. The van der Waals surface area contributed by atoms with Crippen LogP contribution in [0.25, 0.3) is 0 Å². The fourth-order valence-electron chi connectivity index (χ4n) is 4.30. The number of hydrogen-bond donors (Lipinski definition) is 1. The van der Waals surface area contributed by atoms with Crippen LogP contribution in [0.3, 0.4) is 0 Å². The van der Waals surface area contributed by atoms with Gasteiger partial charge in [-0.05, 0) is 50.5 Å². The maximum absolute atomic E-state index is 13.2. The van der Waals surface area contributed by atoms with Crippen molar-refractivity contribution in [3.63, 3.8) is 0 Å². The first-order chi connectivity index (χ1) is 14.4. The van der Waals surface area contributed by atoms with Crippen LogP contribution in [0.2, 0.25) is 5.02 Å². The molecule has 1 N–H and O–H groups in total. The zero-order valence-corrected chi connectivity index (χ0v) is 18.9. The van der Waals surface area contributed by atoms with Crippen LogP contribution in [0.5, 0.6) is 0 Å². The molecular weight excluding hydrogens is 418 g/mol. The molecule has 2 aliphatic heterocycles. The van der Waals surface area contributed by atoms with Crippen LogP contribution in [0, 0.1) is 13.8 Å². The quantitative estimate of drug-likeness (QED) is 0.696. The van der Waals surface area contributed by atoms with Crippen molar-refractivity contribution in [2.45, 2.75) is 31.6 Å². The third-order valence-corrected chi connectivity index (χ3v) is 7.86. The molecule has 30 heavy (non-hydrogen) atoms. The molecule has 0 atom stereocenters. The standard InChI is InChI=1S/C23H26ClN3O2S/c1-16-7-8-20(17(2)15-16)25-22(29)26-11-9-23(10-12-26)27(13-14-30-23)21(28)18-5-3-4-6-19(18)24/h3-8,15H,9-14H2,1-2H3,(H,25,29). The van der Waals surface area contributed by atoms with Crippen molar-refractivity contribution < 1.29 is 9.59 Å². The number of carbonyl (C=O) groups is 2. The number of carbonyl (C=O) groups excluding carboxylic acids is 2. The van der Waals surface area contributed by atoms with Gasteiger partial charge in [-0.3, -0.25) is 4.79 Å². The summed E-state index contributed by atoms with van der Waals surface area (Å²) in [4.78, 5) is 29.6. The van der Waals surface area contributed by atoms with Crippen LogP contribution in [0.15, 0.2) is 42.5 Å². The summed E-state index contributed by atoms with van der Waals surface area (Å²) < 4.78 is 0. The number of nitrogens with one attached hydrogen (secondary N) is 1. The SMILES string of the molecule is Cc1ccc(NC(=O)N2CCC3(CC2)SCCN3C(=O)c2ccccc2Cl)c(C)c1.